The summed E-state index contributed by atoms with van der Waals surface area (Å²) in [5, 5.41) is 0. The number of hydrogen-bond acceptors (Lipinski definition) is 2. The number of rotatable bonds is 4. The lowest BCUT2D eigenvalue weighted by atomic mass is 10.3. The fraction of sp³-hybridized carbons (Fsp3) is 0.300. The molecule has 0 unspecified atom stereocenters. The Balaban J connectivity index is 4.08. The highest BCUT2D eigenvalue weighted by Crippen LogP contribution is 1.97. The third kappa shape index (κ3) is 6.17. The summed E-state index contributed by atoms with van der Waals surface area (Å²) < 4.78 is 4.78. The van der Waals surface area contributed by atoms with Gasteiger partial charge in [0.05, 0.1) is 6.61 Å². The van der Waals surface area contributed by atoms with Crippen molar-refractivity contribution < 1.29 is 9.53 Å². The Morgan fingerprint density at radius 1 is 1.38 bits per heavy atom. The minimum Gasteiger partial charge on any atom is -0.463 e. The lowest BCUT2D eigenvalue weighted by Gasteiger charge is -1.98. The van der Waals surface area contributed by atoms with Gasteiger partial charge >= 0.3 is 5.97 Å². The second kappa shape index (κ2) is 7.62. The largest absolute Gasteiger partial charge is 0.463 e. The van der Waals surface area contributed by atoms with Gasteiger partial charge in [-0.25, -0.2) is 4.79 Å². The standard InChI is InChI=1S/C10H13ClO2/c1-3-13-10(12)9(2)7-5-4-6-8-11/h4-8H,3H2,1-2H3/b5-4+,8-6-,9-7+. The molecule has 0 spiro atoms. The molecule has 3 heteroatoms. The van der Waals surface area contributed by atoms with Gasteiger partial charge in [0.2, 0.25) is 0 Å². The smallest absolute Gasteiger partial charge is 0.333 e. The molecule has 0 aromatic heterocycles. The maximum absolute atomic E-state index is 11.0. The van der Waals surface area contributed by atoms with Crippen LogP contribution in [0.25, 0.3) is 0 Å². The van der Waals surface area contributed by atoms with Gasteiger partial charge in [-0.05, 0) is 13.8 Å². The molecule has 0 aliphatic rings. The van der Waals surface area contributed by atoms with E-state index in [1.54, 1.807) is 38.2 Å². The topological polar surface area (TPSA) is 26.3 Å². The molecule has 2 nitrogen and oxygen atoms in total. The second-order valence-electron chi connectivity index (χ2n) is 2.27. The van der Waals surface area contributed by atoms with Crippen molar-refractivity contribution in [1.82, 2.24) is 0 Å². The zero-order valence-corrected chi connectivity index (χ0v) is 8.54. The predicted octanol–water partition coefficient (Wildman–Crippen LogP) is 2.80. The first kappa shape index (κ1) is 12.0. The maximum Gasteiger partial charge on any atom is 0.333 e. The highest BCUT2D eigenvalue weighted by Gasteiger charge is 2.01. The number of hydrogen-bond donors (Lipinski definition) is 0. The summed E-state index contributed by atoms with van der Waals surface area (Å²) >= 11 is 5.28. The molecule has 0 saturated carbocycles. The van der Waals surface area contributed by atoms with Crippen LogP contribution < -0.4 is 0 Å². The molecule has 0 rings (SSSR count). The fourth-order valence-corrected chi connectivity index (χ4v) is 0.703. The maximum atomic E-state index is 11.0. The SMILES string of the molecule is CCOC(=O)/C(C)=C/C=C/C=C\Cl. The Morgan fingerprint density at radius 2 is 2.08 bits per heavy atom. The van der Waals surface area contributed by atoms with Crippen molar-refractivity contribution in [1.29, 1.82) is 0 Å². The molecule has 0 aliphatic carbocycles. The van der Waals surface area contributed by atoms with E-state index >= 15 is 0 Å². The summed E-state index contributed by atoms with van der Waals surface area (Å²) in [5.74, 6) is -0.290. The van der Waals surface area contributed by atoms with Crippen LogP contribution in [0.5, 0.6) is 0 Å². The van der Waals surface area contributed by atoms with Crippen molar-refractivity contribution in [2.75, 3.05) is 6.61 Å². The first-order valence-electron chi connectivity index (χ1n) is 3.99. The van der Waals surface area contributed by atoms with Crippen molar-refractivity contribution in [3.8, 4) is 0 Å². The van der Waals surface area contributed by atoms with E-state index in [2.05, 4.69) is 0 Å². The van der Waals surface area contributed by atoms with E-state index < -0.39 is 0 Å². The van der Waals surface area contributed by atoms with E-state index in [9.17, 15) is 4.79 Å². The Morgan fingerprint density at radius 3 is 2.62 bits per heavy atom. The van der Waals surface area contributed by atoms with Crippen LogP contribution in [0.15, 0.2) is 35.4 Å². The first-order chi connectivity index (χ1) is 6.22. The summed E-state index contributed by atoms with van der Waals surface area (Å²) in [6.07, 6.45) is 6.80. The Hall–Kier alpha value is -1.02. The highest BCUT2D eigenvalue weighted by molar-refractivity contribution is 6.25. The Bertz CT molecular complexity index is 239. The van der Waals surface area contributed by atoms with Crippen molar-refractivity contribution in [3.63, 3.8) is 0 Å². The van der Waals surface area contributed by atoms with Crippen molar-refractivity contribution in [3.05, 3.63) is 35.4 Å². The number of halogens is 1. The van der Waals surface area contributed by atoms with E-state index in [4.69, 9.17) is 16.3 Å². The zero-order valence-electron chi connectivity index (χ0n) is 7.79. The molecule has 0 atom stereocenters. The Labute approximate surface area is 83.5 Å². The van der Waals surface area contributed by atoms with Gasteiger partial charge in [-0.1, -0.05) is 35.9 Å². The molecule has 0 radical (unpaired) electrons. The van der Waals surface area contributed by atoms with Gasteiger partial charge in [-0.3, -0.25) is 0 Å². The zero-order chi connectivity index (χ0) is 10.1. The fourth-order valence-electron chi connectivity index (χ4n) is 0.619. The van der Waals surface area contributed by atoms with Gasteiger partial charge in [-0.15, -0.1) is 0 Å². The molecule has 72 valence electrons. The average molecular weight is 201 g/mol. The third-order valence-corrected chi connectivity index (χ3v) is 1.38. The quantitative estimate of drug-likeness (QED) is 0.396. The molecule has 0 amide bonds. The summed E-state index contributed by atoms with van der Waals surface area (Å²) in [6.45, 7) is 3.87. The van der Waals surface area contributed by atoms with Crippen LogP contribution in [0.4, 0.5) is 0 Å². The van der Waals surface area contributed by atoms with Gasteiger partial charge in [-0.2, -0.15) is 0 Å². The van der Waals surface area contributed by atoms with Crippen molar-refractivity contribution >= 4 is 17.6 Å². The molecule has 13 heavy (non-hydrogen) atoms. The number of esters is 1. The van der Waals surface area contributed by atoms with Crippen molar-refractivity contribution in [2.24, 2.45) is 0 Å². The van der Waals surface area contributed by atoms with E-state index in [0.717, 1.165) is 0 Å². The molecule has 0 aromatic rings. The van der Waals surface area contributed by atoms with Crippen LogP contribution in [-0.2, 0) is 9.53 Å². The molecule has 0 aliphatic heterocycles. The molecular weight excluding hydrogens is 188 g/mol. The summed E-state index contributed by atoms with van der Waals surface area (Å²) in [6, 6.07) is 0. The van der Waals surface area contributed by atoms with E-state index in [-0.39, 0.29) is 5.97 Å². The molecule has 0 heterocycles. The minimum absolute atomic E-state index is 0.290. The van der Waals surface area contributed by atoms with Gasteiger partial charge in [0.25, 0.3) is 0 Å². The normalized spacial score (nSPS) is 12.7. The van der Waals surface area contributed by atoms with E-state index in [0.29, 0.717) is 12.2 Å². The van der Waals surface area contributed by atoms with Crippen LogP contribution in [0.1, 0.15) is 13.8 Å². The van der Waals surface area contributed by atoms with Crippen LogP contribution >= 0.6 is 11.6 Å². The lowest BCUT2D eigenvalue weighted by molar-refractivity contribution is -0.138. The van der Waals surface area contributed by atoms with Crippen LogP contribution in [0.2, 0.25) is 0 Å². The van der Waals surface area contributed by atoms with Gasteiger partial charge < -0.3 is 4.74 Å². The molecule has 0 fully saturated rings. The van der Waals surface area contributed by atoms with Gasteiger partial charge in [0.1, 0.15) is 0 Å². The molecular formula is C10H13ClO2. The summed E-state index contributed by atoms with van der Waals surface area (Å²) in [7, 11) is 0. The summed E-state index contributed by atoms with van der Waals surface area (Å²) in [5.41, 5.74) is 1.96. The predicted molar refractivity (Wildman–Crippen MR) is 54.5 cm³/mol. The van der Waals surface area contributed by atoms with Crippen molar-refractivity contribution in [2.45, 2.75) is 13.8 Å². The van der Waals surface area contributed by atoms with Gasteiger partial charge in [0, 0.05) is 11.1 Å². The average Bonchev–Trinajstić information content (AvgIpc) is 2.12. The van der Waals surface area contributed by atoms with Crippen LogP contribution in [-0.4, -0.2) is 12.6 Å². The van der Waals surface area contributed by atoms with Gasteiger partial charge in [0.15, 0.2) is 0 Å². The van der Waals surface area contributed by atoms with Crippen LogP contribution in [0, 0.1) is 0 Å². The highest BCUT2D eigenvalue weighted by atomic mass is 35.5. The van der Waals surface area contributed by atoms with Crippen LogP contribution in [0.3, 0.4) is 0 Å². The number of carbonyl (C=O) groups is 1. The number of allylic oxidation sites excluding steroid dienone is 4. The second-order valence-corrected chi connectivity index (χ2v) is 2.53. The van der Waals surface area contributed by atoms with E-state index in [1.165, 1.54) is 5.54 Å². The minimum atomic E-state index is -0.290. The molecule has 0 aromatic carbocycles. The summed E-state index contributed by atoms with van der Waals surface area (Å²) in [4.78, 5) is 11.0. The number of ether oxygens (including phenoxy) is 1. The molecule has 0 bridgehead atoms. The number of carbonyl (C=O) groups excluding carboxylic acids is 1. The lowest BCUT2D eigenvalue weighted by Crippen LogP contribution is -2.04. The molecule has 0 saturated heterocycles. The Kier molecular flexibility index (Phi) is 7.02. The van der Waals surface area contributed by atoms with E-state index in [1.807, 2.05) is 0 Å². The first-order valence-corrected chi connectivity index (χ1v) is 4.43. The third-order valence-electron chi connectivity index (χ3n) is 1.24. The monoisotopic (exact) mass is 200 g/mol. The molecule has 0 N–H and O–H groups in total.